The summed E-state index contributed by atoms with van der Waals surface area (Å²) in [5.41, 5.74) is 2.12. The third kappa shape index (κ3) is 9.65. The van der Waals surface area contributed by atoms with Crippen molar-refractivity contribution in [2.45, 2.75) is 65.2 Å². The van der Waals surface area contributed by atoms with Crippen LogP contribution >= 0.6 is 0 Å². The van der Waals surface area contributed by atoms with Crippen LogP contribution in [0.1, 0.15) is 50.3 Å². The highest BCUT2D eigenvalue weighted by molar-refractivity contribution is 5.87. The highest BCUT2D eigenvalue weighted by atomic mass is 16.6. The second kappa shape index (κ2) is 13.6. The lowest BCUT2D eigenvalue weighted by atomic mass is 10.0. The summed E-state index contributed by atoms with van der Waals surface area (Å²) in [4.78, 5) is 43.6. The SMILES string of the molecule is COCc1cccc(C[C@H](NC(=O)CCCN(C(=O)OC(C)(C)C)c2cc(C)ccn2)C(=O)OC)c1. The van der Waals surface area contributed by atoms with Crippen molar-refractivity contribution < 1.29 is 28.6 Å². The summed E-state index contributed by atoms with van der Waals surface area (Å²) in [7, 11) is 2.90. The van der Waals surface area contributed by atoms with Gasteiger partial charge in [0.2, 0.25) is 5.91 Å². The van der Waals surface area contributed by atoms with E-state index < -0.39 is 23.7 Å². The molecule has 0 aliphatic carbocycles. The molecule has 1 atom stereocenters. The quantitative estimate of drug-likeness (QED) is 0.466. The molecule has 0 unspecified atom stereocenters. The number of esters is 1. The van der Waals surface area contributed by atoms with Crippen LogP contribution in [0.25, 0.3) is 0 Å². The molecule has 1 aromatic heterocycles. The highest BCUT2D eigenvalue weighted by Crippen LogP contribution is 2.18. The lowest BCUT2D eigenvalue weighted by Crippen LogP contribution is -2.43. The molecule has 9 nitrogen and oxygen atoms in total. The van der Waals surface area contributed by atoms with Crippen LogP contribution < -0.4 is 10.2 Å². The standard InChI is InChI=1S/C27H37N3O6/c1-19-12-13-28-23(15-19)30(26(33)36-27(2,3)4)14-8-11-24(31)29-22(25(32)35-6)17-20-9-7-10-21(16-20)18-34-5/h7,9-10,12-13,15-16,22H,8,11,14,17-18H2,1-6H3,(H,29,31)/t22-/m0/s1. The van der Waals surface area contributed by atoms with Crippen LogP contribution in [0.5, 0.6) is 0 Å². The summed E-state index contributed by atoms with van der Waals surface area (Å²) in [6, 6.07) is 10.4. The van der Waals surface area contributed by atoms with E-state index in [1.54, 1.807) is 40.1 Å². The number of amides is 2. The fraction of sp³-hybridized carbons (Fsp3) is 0.481. The molecular formula is C27H37N3O6. The van der Waals surface area contributed by atoms with Crippen LogP contribution in [-0.2, 0) is 36.8 Å². The molecule has 9 heteroatoms. The van der Waals surface area contributed by atoms with Crippen molar-refractivity contribution in [2.75, 3.05) is 25.7 Å². The number of aryl methyl sites for hydroxylation is 1. The number of carbonyl (C=O) groups is 3. The number of hydrogen-bond donors (Lipinski definition) is 1. The maximum absolute atomic E-state index is 12.8. The van der Waals surface area contributed by atoms with Gasteiger partial charge in [0.1, 0.15) is 17.5 Å². The van der Waals surface area contributed by atoms with E-state index in [1.165, 1.54) is 12.0 Å². The monoisotopic (exact) mass is 499 g/mol. The van der Waals surface area contributed by atoms with Crippen molar-refractivity contribution in [3.05, 3.63) is 59.3 Å². The molecule has 0 radical (unpaired) electrons. The van der Waals surface area contributed by atoms with Gasteiger partial charge in [-0.1, -0.05) is 24.3 Å². The topological polar surface area (TPSA) is 107 Å². The molecule has 2 rings (SSSR count). The molecule has 0 aliphatic rings. The third-order valence-electron chi connectivity index (χ3n) is 5.14. The minimum absolute atomic E-state index is 0.0995. The van der Waals surface area contributed by atoms with Gasteiger partial charge in [0.05, 0.1) is 13.7 Å². The van der Waals surface area contributed by atoms with Crippen molar-refractivity contribution in [3.63, 3.8) is 0 Å². The van der Waals surface area contributed by atoms with E-state index in [9.17, 15) is 14.4 Å². The van der Waals surface area contributed by atoms with E-state index in [0.29, 0.717) is 18.8 Å². The molecule has 2 aromatic rings. The Bertz CT molecular complexity index is 1030. The second-order valence-corrected chi connectivity index (χ2v) is 9.53. The zero-order chi connectivity index (χ0) is 26.7. The van der Waals surface area contributed by atoms with Crippen LogP contribution in [-0.4, -0.2) is 55.4 Å². The summed E-state index contributed by atoms with van der Waals surface area (Å²) >= 11 is 0. The normalized spacial score (nSPS) is 11.9. The van der Waals surface area contributed by atoms with Crippen LogP contribution in [0.3, 0.4) is 0 Å². The van der Waals surface area contributed by atoms with Gasteiger partial charge in [0.25, 0.3) is 0 Å². The van der Waals surface area contributed by atoms with Gasteiger partial charge in [0.15, 0.2) is 0 Å². The lowest BCUT2D eigenvalue weighted by molar-refractivity contribution is -0.145. The highest BCUT2D eigenvalue weighted by Gasteiger charge is 2.25. The van der Waals surface area contributed by atoms with Crippen molar-refractivity contribution in [1.82, 2.24) is 10.3 Å². The Balaban J connectivity index is 2.03. The van der Waals surface area contributed by atoms with Crippen molar-refractivity contribution in [1.29, 1.82) is 0 Å². The molecule has 1 aromatic carbocycles. The van der Waals surface area contributed by atoms with Gasteiger partial charge in [-0.25, -0.2) is 14.6 Å². The maximum Gasteiger partial charge on any atom is 0.416 e. The summed E-state index contributed by atoms with van der Waals surface area (Å²) in [6.07, 6.45) is 1.81. The number of aromatic nitrogens is 1. The lowest BCUT2D eigenvalue weighted by Gasteiger charge is -2.27. The van der Waals surface area contributed by atoms with Gasteiger partial charge in [-0.05, 0) is 62.9 Å². The number of anilines is 1. The summed E-state index contributed by atoms with van der Waals surface area (Å²) in [5.74, 6) is -0.396. The van der Waals surface area contributed by atoms with Crippen LogP contribution in [0, 0.1) is 6.92 Å². The zero-order valence-electron chi connectivity index (χ0n) is 22.0. The molecule has 0 spiro atoms. The van der Waals surface area contributed by atoms with E-state index in [0.717, 1.165) is 16.7 Å². The van der Waals surface area contributed by atoms with Gasteiger partial charge < -0.3 is 19.5 Å². The molecule has 1 N–H and O–H groups in total. The summed E-state index contributed by atoms with van der Waals surface area (Å²) in [6.45, 7) is 7.95. The Morgan fingerprint density at radius 3 is 2.44 bits per heavy atom. The predicted molar refractivity (Wildman–Crippen MR) is 137 cm³/mol. The number of benzene rings is 1. The number of pyridine rings is 1. The predicted octanol–water partition coefficient (Wildman–Crippen LogP) is 3.96. The zero-order valence-corrected chi connectivity index (χ0v) is 22.0. The number of hydrogen-bond acceptors (Lipinski definition) is 7. The minimum Gasteiger partial charge on any atom is -0.467 e. The summed E-state index contributed by atoms with van der Waals surface area (Å²) < 4.78 is 15.6. The molecular weight excluding hydrogens is 462 g/mol. The third-order valence-corrected chi connectivity index (χ3v) is 5.14. The molecule has 0 fully saturated rings. The Kier molecular flexibility index (Phi) is 10.9. The van der Waals surface area contributed by atoms with E-state index in [2.05, 4.69) is 10.3 Å². The first-order chi connectivity index (χ1) is 17.0. The van der Waals surface area contributed by atoms with Gasteiger partial charge >= 0.3 is 12.1 Å². The first-order valence-electron chi connectivity index (χ1n) is 11.9. The van der Waals surface area contributed by atoms with Gasteiger partial charge in [0, 0.05) is 32.7 Å². The molecule has 196 valence electrons. The van der Waals surface area contributed by atoms with E-state index in [4.69, 9.17) is 14.2 Å². The Morgan fingerprint density at radius 2 is 1.81 bits per heavy atom. The number of ether oxygens (including phenoxy) is 3. The van der Waals surface area contributed by atoms with Gasteiger partial charge in [-0.3, -0.25) is 9.69 Å². The van der Waals surface area contributed by atoms with E-state index in [1.807, 2.05) is 37.3 Å². The Morgan fingerprint density at radius 1 is 1.08 bits per heavy atom. The van der Waals surface area contributed by atoms with Crippen LogP contribution in [0.2, 0.25) is 0 Å². The Hall–Kier alpha value is -3.46. The molecule has 0 saturated heterocycles. The van der Waals surface area contributed by atoms with Crippen LogP contribution in [0.15, 0.2) is 42.6 Å². The van der Waals surface area contributed by atoms with Crippen molar-refractivity contribution >= 4 is 23.8 Å². The largest absolute Gasteiger partial charge is 0.467 e. The van der Waals surface area contributed by atoms with E-state index >= 15 is 0 Å². The fourth-order valence-corrected chi connectivity index (χ4v) is 3.53. The van der Waals surface area contributed by atoms with Crippen LogP contribution in [0.4, 0.5) is 10.6 Å². The fourth-order valence-electron chi connectivity index (χ4n) is 3.53. The number of rotatable bonds is 11. The number of nitrogens with one attached hydrogen (secondary N) is 1. The number of methoxy groups -OCH3 is 2. The molecule has 1 heterocycles. The van der Waals surface area contributed by atoms with Crippen molar-refractivity contribution in [3.8, 4) is 0 Å². The van der Waals surface area contributed by atoms with E-state index in [-0.39, 0.29) is 25.3 Å². The smallest absolute Gasteiger partial charge is 0.416 e. The first kappa shape index (κ1) is 28.8. The maximum atomic E-state index is 12.8. The average Bonchev–Trinajstić information content (AvgIpc) is 2.80. The number of nitrogens with zero attached hydrogens (tertiary/aromatic N) is 2. The molecule has 0 bridgehead atoms. The first-order valence-corrected chi connectivity index (χ1v) is 11.9. The molecule has 36 heavy (non-hydrogen) atoms. The molecule has 0 aliphatic heterocycles. The van der Waals surface area contributed by atoms with Gasteiger partial charge in [-0.2, -0.15) is 0 Å². The average molecular weight is 500 g/mol. The summed E-state index contributed by atoms with van der Waals surface area (Å²) in [5, 5.41) is 2.76. The van der Waals surface area contributed by atoms with Gasteiger partial charge in [-0.15, -0.1) is 0 Å². The minimum atomic E-state index is -0.833. The van der Waals surface area contributed by atoms with Crippen molar-refractivity contribution in [2.24, 2.45) is 0 Å². The second-order valence-electron chi connectivity index (χ2n) is 9.53. The number of carbonyl (C=O) groups excluding carboxylic acids is 3. The molecule has 2 amide bonds. The molecule has 0 saturated carbocycles. The Labute approximate surface area is 213 Å².